The molecule has 4 nitrogen and oxygen atoms in total. The maximum atomic E-state index is 12.3. The molecular weight excluding hydrogens is 946 g/mol. The molecule has 2 heterocycles. The second-order valence-electron chi connectivity index (χ2n) is 16.4. The summed E-state index contributed by atoms with van der Waals surface area (Å²) in [7, 11) is 0. The minimum absolute atomic E-state index is 0. The van der Waals surface area contributed by atoms with Crippen LogP contribution in [-0.4, -0.2) is 27.0 Å². The first kappa shape index (κ1) is 47.4. The van der Waals surface area contributed by atoms with E-state index in [1.807, 2.05) is 26.1 Å². The van der Waals surface area contributed by atoms with Crippen LogP contribution in [0.1, 0.15) is 113 Å². The molecular formula is C53H59F3IrN2O2-2. The molecule has 0 saturated heterocycles. The number of pyridine rings is 2. The predicted octanol–water partition coefficient (Wildman–Crippen LogP) is 15.0. The Labute approximate surface area is 375 Å². The van der Waals surface area contributed by atoms with Crippen LogP contribution in [0.3, 0.4) is 0 Å². The van der Waals surface area contributed by atoms with Crippen LogP contribution in [0.4, 0.5) is 13.2 Å². The van der Waals surface area contributed by atoms with Crippen molar-refractivity contribution in [3.8, 4) is 22.5 Å². The Hall–Kier alpha value is -4.65. The Morgan fingerprint density at radius 2 is 1.30 bits per heavy atom. The van der Waals surface area contributed by atoms with Crippen molar-refractivity contribution >= 4 is 27.3 Å². The summed E-state index contributed by atoms with van der Waals surface area (Å²) in [5.74, 6) is -1.31. The summed E-state index contributed by atoms with van der Waals surface area (Å²) in [6.45, 7) is 15.7. The first-order valence-electron chi connectivity index (χ1n) is 21.8. The van der Waals surface area contributed by atoms with E-state index in [1.165, 1.54) is 58.7 Å². The third kappa shape index (κ3) is 13.7. The van der Waals surface area contributed by atoms with E-state index in [4.69, 9.17) is 1.37 Å². The van der Waals surface area contributed by atoms with Gasteiger partial charge in [0.25, 0.3) is 0 Å². The number of aliphatic hydroxyl groups excluding tert-OH is 1. The fourth-order valence-electron chi connectivity index (χ4n) is 8.23. The van der Waals surface area contributed by atoms with E-state index in [0.29, 0.717) is 24.9 Å². The minimum atomic E-state index is -4.33. The van der Waals surface area contributed by atoms with Gasteiger partial charge in [-0.1, -0.05) is 103 Å². The van der Waals surface area contributed by atoms with Crippen molar-refractivity contribution in [3.05, 3.63) is 143 Å². The molecule has 1 radical (unpaired) electrons. The van der Waals surface area contributed by atoms with Crippen LogP contribution >= 0.6 is 0 Å². The fourth-order valence-corrected chi connectivity index (χ4v) is 8.23. The fraction of sp³-hybridized carbons (Fsp3) is 0.377. The quantitative estimate of drug-likeness (QED) is 0.0844. The summed E-state index contributed by atoms with van der Waals surface area (Å²) >= 11 is 0. The maximum Gasteiger partial charge on any atom is 0.389 e. The van der Waals surface area contributed by atoms with Gasteiger partial charge in [0.1, 0.15) is 0 Å². The van der Waals surface area contributed by atoms with E-state index in [1.54, 1.807) is 6.92 Å². The molecule has 4 aromatic carbocycles. The van der Waals surface area contributed by atoms with E-state index < -0.39 is 24.3 Å². The molecule has 1 fully saturated rings. The number of hydrogen-bond donors (Lipinski definition) is 1. The molecule has 0 aliphatic heterocycles. The first-order valence-corrected chi connectivity index (χ1v) is 21.3. The number of nitrogens with zero attached hydrogens (tertiary/aromatic N) is 2. The molecule has 0 amide bonds. The van der Waals surface area contributed by atoms with Gasteiger partial charge < -0.3 is 15.1 Å². The molecule has 7 rings (SSSR count). The van der Waals surface area contributed by atoms with Crippen molar-refractivity contribution in [2.45, 2.75) is 119 Å². The topological polar surface area (TPSA) is 63.1 Å². The predicted molar refractivity (Wildman–Crippen MR) is 241 cm³/mol. The second-order valence-corrected chi connectivity index (χ2v) is 16.4. The Kier molecular flexibility index (Phi) is 17.4. The number of rotatable bonds is 10. The summed E-state index contributed by atoms with van der Waals surface area (Å²) in [4.78, 5) is 20.8. The standard InChI is InChI=1S/C22H22N.C18H16N.C13H21F3O2.Ir/c1-15-11-16(2)13-20(12-15)22-21-8-7-18(17-5-3-4-6-17)14-19(21)9-10-23-22;1-12-4-5-17-15(9-12)6-7-19-18(17)16-10-13(2)8-14(3)11-16;1-4-9(5-2)11(17)7-12(18)10(6-3)8-13(14,15)16;/h7-12,14,17H,3-6H2,1-2H3;4-10H,1-3H3;7,9-10,18H,4-6,8H2,1-3H3;/q2*-1;;/b;;12-7-;/i10D;;;. The second kappa shape index (κ2) is 22.4. The van der Waals surface area contributed by atoms with Crippen LogP contribution < -0.4 is 0 Å². The zero-order valence-electron chi connectivity index (χ0n) is 37.7. The molecule has 8 heteroatoms. The first-order chi connectivity index (χ1) is 29.0. The van der Waals surface area contributed by atoms with E-state index in [9.17, 15) is 23.1 Å². The zero-order valence-corrected chi connectivity index (χ0v) is 39.1. The average molecular weight is 1010 g/mol. The van der Waals surface area contributed by atoms with Crippen molar-refractivity contribution in [2.75, 3.05) is 0 Å². The Bertz CT molecular complexity index is 2450. The number of allylic oxidation sites excluding steroid dienone is 2. The average Bonchev–Trinajstić information content (AvgIpc) is 3.74. The summed E-state index contributed by atoms with van der Waals surface area (Å²) in [6, 6.07) is 32.5. The number of fused-ring (bicyclic) bond motifs is 2. The largest absolute Gasteiger partial charge is 0.512 e. The van der Waals surface area contributed by atoms with Crippen molar-refractivity contribution in [3.63, 3.8) is 0 Å². The maximum absolute atomic E-state index is 12.3. The molecule has 0 bridgehead atoms. The van der Waals surface area contributed by atoms with Gasteiger partial charge in [-0.3, -0.25) is 4.79 Å². The SMILES string of the molecule is CCC(CC)C(=O)/C=C(\O)C(CC)CC(F)(F)F.Cc1[c-]c(-c2nccc3cc(C)ccc23)cc(C)c1.[2H]c1cc2cc(C3CCCC3)ccc2c(-c2[c-]c(C)cc(C)c2)n1.[Ir]. The summed E-state index contributed by atoms with van der Waals surface area (Å²) in [6.07, 6.45) is 4.40. The van der Waals surface area contributed by atoms with Gasteiger partial charge in [0.15, 0.2) is 5.78 Å². The number of carbonyl (C=O) groups excluding carboxylic acids is 1. The van der Waals surface area contributed by atoms with Gasteiger partial charge in [0.2, 0.25) is 0 Å². The van der Waals surface area contributed by atoms with Crippen LogP contribution in [0.15, 0.2) is 97.0 Å². The Morgan fingerprint density at radius 3 is 1.84 bits per heavy atom. The smallest absolute Gasteiger partial charge is 0.389 e. The van der Waals surface area contributed by atoms with Gasteiger partial charge in [-0.2, -0.15) is 13.2 Å². The molecule has 1 atom stereocenters. The number of hydrogen-bond acceptors (Lipinski definition) is 4. The van der Waals surface area contributed by atoms with Gasteiger partial charge in [0, 0.05) is 50.4 Å². The van der Waals surface area contributed by atoms with Crippen LogP contribution in [-0.2, 0) is 24.9 Å². The third-order valence-corrected chi connectivity index (χ3v) is 11.3. The van der Waals surface area contributed by atoms with E-state index in [2.05, 4.69) is 123 Å². The number of aryl methyl sites for hydroxylation is 5. The molecule has 325 valence electrons. The number of aliphatic hydroxyl groups is 1. The zero-order chi connectivity index (χ0) is 44.4. The third-order valence-electron chi connectivity index (χ3n) is 11.3. The van der Waals surface area contributed by atoms with Gasteiger partial charge in [-0.05, 0) is 95.6 Å². The number of aromatic nitrogens is 2. The molecule has 2 aromatic heterocycles. The molecule has 0 spiro atoms. The number of halogens is 3. The normalized spacial score (nSPS) is 13.8. The van der Waals surface area contributed by atoms with Crippen molar-refractivity contribution < 1.29 is 44.5 Å². The molecule has 61 heavy (non-hydrogen) atoms. The molecule has 1 N–H and O–H groups in total. The molecule has 1 aliphatic carbocycles. The van der Waals surface area contributed by atoms with Crippen LogP contribution in [0.2, 0.25) is 0 Å². The number of benzene rings is 4. The van der Waals surface area contributed by atoms with Gasteiger partial charge >= 0.3 is 6.18 Å². The van der Waals surface area contributed by atoms with Crippen LogP contribution in [0, 0.1) is 58.6 Å². The molecule has 1 unspecified atom stereocenters. The molecule has 1 aliphatic rings. The molecule has 1 saturated carbocycles. The Morgan fingerprint density at radius 1 is 0.754 bits per heavy atom. The van der Waals surface area contributed by atoms with E-state index in [0.717, 1.165) is 50.5 Å². The van der Waals surface area contributed by atoms with Crippen molar-refractivity contribution in [2.24, 2.45) is 11.8 Å². The van der Waals surface area contributed by atoms with Gasteiger partial charge in [0.05, 0.1) is 13.6 Å². The minimum Gasteiger partial charge on any atom is -0.512 e. The van der Waals surface area contributed by atoms with Crippen LogP contribution in [0.5, 0.6) is 0 Å². The number of alkyl halides is 3. The Balaban J connectivity index is 0.000000206. The summed E-state index contributed by atoms with van der Waals surface area (Å²) in [5, 5.41) is 14.3. The number of ketones is 1. The van der Waals surface area contributed by atoms with Gasteiger partial charge in [-0.15, -0.1) is 69.8 Å². The monoisotopic (exact) mass is 1010 g/mol. The van der Waals surface area contributed by atoms with E-state index >= 15 is 0 Å². The van der Waals surface area contributed by atoms with Gasteiger partial charge in [-0.25, -0.2) is 0 Å². The van der Waals surface area contributed by atoms with Crippen molar-refractivity contribution in [1.82, 2.24) is 9.97 Å². The number of carbonyl (C=O) groups is 1. The van der Waals surface area contributed by atoms with Crippen molar-refractivity contribution in [1.29, 1.82) is 0 Å². The summed E-state index contributed by atoms with van der Waals surface area (Å²) in [5.41, 5.74) is 11.4. The van der Waals surface area contributed by atoms with E-state index in [-0.39, 0.29) is 38.2 Å². The van der Waals surface area contributed by atoms with Crippen LogP contribution in [0.25, 0.3) is 44.1 Å². The molecule has 6 aromatic rings. The summed E-state index contributed by atoms with van der Waals surface area (Å²) < 4.78 is 44.9.